The van der Waals surface area contributed by atoms with Crippen molar-refractivity contribution in [2.45, 2.75) is 39.7 Å². The molecule has 0 saturated heterocycles. The second-order valence-electron chi connectivity index (χ2n) is 5.38. The Bertz CT molecular complexity index is 419. The molecule has 0 spiro atoms. The van der Waals surface area contributed by atoms with E-state index in [1.807, 2.05) is 45.0 Å². The van der Waals surface area contributed by atoms with Crippen molar-refractivity contribution >= 4 is 0 Å². The number of hydrogen-bond donors (Lipinski definition) is 1. The summed E-state index contributed by atoms with van der Waals surface area (Å²) in [5.41, 5.74) is 6.60. The molecule has 0 aliphatic rings. The minimum Gasteiger partial charge on any atom is -0.493 e. The standard InChI is InChI=1S/C15H22N2O/c1-12(17)10-13-6-4-5-7-14(13)18-9-8-15(2,3)11-16/h4-7,12H,8-10,17H2,1-3H3. The van der Waals surface area contributed by atoms with Crippen molar-refractivity contribution in [2.24, 2.45) is 11.1 Å². The van der Waals surface area contributed by atoms with E-state index < -0.39 is 0 Å². The summed E-state index contributed by atoms with van der Waals surface area (Å²) in [6.07, 6.45) is 1.52. The van der Waals surface area contributed by atoms with Gasteiger partial charge in [-0.2, -0.15) is 5.26 Å². The van der Waals surface area contributed by atoms with Gasteiger partial charge in [0.05, 0.1) is 18.1 Å². The largest absolute Gasteiger partial charge is 0.493 e. The van der Waals surface area contributed by atoms with Crippen LogP contribution in [0.3, 0.4) is 0 Å². The first-order valence-corrected chi connectivity index (χ1v) is 6.32. The Kier molecular flexibility index (Phi) is 5.18. The summed E-state index contributed by atoms with van der Waals surface area (Å²) in [6, 6.07) is 10.3. The molecule has 0 aromatic heterocycles. The Balaban J connectivity index is 2.60. The van der Waals surface area contributed by atoms with Crippen LogP contribution >= 0.6 is 0 Å². The number of hydrogen-bond acceptors (Lipinski definition) is 3. The van der Waals surface area contributed by atoms with Crippen LogP contribution in [0.4, 0.5) is 0 Å². The van der Waals surface area contributed by atoms with Gasteiger partial charge in [-0.05, 0) is 45.2 Å². The van der Waals surface area contributed by atoms with E-state index in [1.54, 1.807) is 0 Å². The SMILES string of the molecule is CC(N)Cc1ccccc1OCCC(C)(C)C#N. The number of benzene rings is 1. The summed E-state index contributed by atoms with van der Waals surface area (Å²) in [5.74, 6) is 0.878. The van der Waals surface area contributed by atoms with Gasteiger partial charge in [-0.15, -0.1) is 0 Å². The molecule has 1 aromatic carbocycles. The van der Waals surface area contributed by atoms with E-state index in [1.165, 1.54) is 0 Å². The molecular formula is C15H22N2O. The Morgan fingerprint density at radius 1 is 1.39 bits per heavy atom. The van der Waals surface area contributed by atoms with Crippen molar-refractivity contribution < 1.29 is 4.74 Å². The van der Waals surface area contributed by atoms with Crippen LogP contribution in [-0.2, 0) is 6.42 Å². The fraction of sp³-hybridized carbons (Fsp3) is 0.533. The highest BCUT2D eigenvalue weighted by atomic mass is 16.5. The second kappa shape index (κ2) is 6.42. The molecule has 0 bridgehead atoms. The Morgan fingerprint density at radius 2 is 2.06 bits per heavy atom. The van der Waals surface area contributed by atoms with Gasteiger partial charge in [0.15, 0.2) is 0 Å². The second-order valence-corrected chi connectivity index (χ2v) is 5.38. The predicted octanol–water partition coefficient (Wildman–Crippen LogP) is 2.89. The maximum atomic E-state index is 8.94. The quantitative estimate of drug-likeness (QED) is 0.839. The molecule has 0 fully saturated rings. The number of nitriles is 1. The number of nitrogens with zero attached hydrogens (tertiary/aromatic N) is 1. The van der Waals surface area contributed by atoms with Crippen LogP contribution in [0.25, 0.3) is 0 Å². The smallest absolute Gasteiger partial charge is 0.122 e. The first-order chi connectivity index (χ1) is 8.44. The van der Waals surface area contributed by atoms with E-state index in [0.29, 0.717) is 6.61 Å². The minimum atomic E-state index is -0.337. The van der Waals surface area contributed by atoms with Crippen molar-refractivity contribution in [1.29, 1.82) is 5.26 Å². The lowest BCUT2D eigenvalue weighted by atomic mass is 9.92. The van der Waals surface area contributed by atoms with Gasteiger partial charge in [-0.1, -0.05) is 18.2 Å². The summed E-state index contributed by atoms with van der Waals surface area (Å²) in [4.78, 5) is 0. The summed E-state index contributed by atoms with van der Waals surface area (Å²) in [7, 11) is 0. The van der Waals surface area contributed by atoms with Crippen LogP contribution in [0.2, 0.25) is 0 Å². The molecule has 0 aliphatic heterocycles. The topological polar surface area (TPSA) is 59.0 Å². The molecule has 0 saturated carbocycles. The summed E-state index contributed by atoms with van der Waals surface area (Å²) < 4.78 is 5.77. The highest BCUT2D eigenvalue weighted by Gasteiger charge is 2.16. The van der Waals surface area contributed by atoms with Crippen molar-refractivity contribution in [2.75, 3.05) is 6.61 Å². The molecule has 1 atom stereocenters. The average Bonchev–Trinajstić information content (AvgIpc) is 2.30. The maximum Gasteiger partial charge on any atom is 0.122 e. The van der Waals surface area contributed by atoms with Crippen LogP contribution in [0.5, 0.6) is 5.75 Å². The number of ether oxygens (including phenoxy) is 1. The lowest BCUT2D eigenvalue weighted by Gasteiger charge is -2.17. The first-order valence-electron chi connectivity index (χ1n) is 6.32. The number of para-hydroxylation sites is 1. The van der Waals surface area contributed by atoms with Gasteiger partial charge in [0.2, 0.25) is 0 Å². The maximum absolute atomic E-state index is 8.94. The Labute approximate surface area is 110 Å². The summed E-state index contributed by atoms with van der Waals surface area (Å²) in [5, 5.41) is 8.94. The van der Waals surface area contributed by atoms with E-state index >= 15 is 0 Å². The summed E-state index contributed by atoms with van der Waals surface area (Å²) >= 11 is 0. The van der Waals surface area contributed by atoms with E-state index in [4.69, 9.17) is 15.7 Å². The third-order valence-electron chi connectivity index (χ3n) is 2.80. The molecule has 3 heteroatoms. The average molecular weight is 246 g/mol. The number of rotatable bonds is 6. The fourth-order valence-electron chi connectivity index (χ4n) is 1.63. The lowest BCUT2D eigenvalue weighted by Crippen LogP contribution is -2.19. The molecule has 0 aliphatic carbocycles. The minimum absolute atomic E-state index is 0.116. The van der Waals surface area contributed by atoms with Crippen LogP contribution in [0, 0.1) is 16.7 Å². The highest BCUT2D eigenvalue weighted by Crippen LogP contribution is 2.22. The molecule has 1 rings (SSSR count). The molecular weight excluding hydrogens is 224 g/mol. The van der Waals surface area contributed by atoms with Crippen molar-refractivity contribution in [3.63, 3.8) is 0 Å². The van der Waals surface area contributed by atoms with Crippen molar-refractivity contribution in [3.8, 4) is 11.8 Å². The molecule has 98 valence electrons. The van der Waals surface area contributed by atoms with Crippen molar-refractivity contribution in [3.05, 3.63) is 29.8 Å². The van der Waals surface area contributed by atoms with Gasteiger partial charge in [0.1, 0.15) is 5.75 Å². The third-order valence-corrected chi connectivity index (χ3v) is 2.80. The zero-order valence-corrected chi connectivity index (χ0v) is 11.4. The molecule has 2 N–H and O–H groups in total. The van der Waals surface area contributed by atoms with Gasteiger partial charge >= 0.3 is 0 Å². The molecule has 18 heavy (non-hydrogen) atoms. The first kappa shape index (κ1) is 14.5. The van der Waals surface area contributed by atoms with Crippen LogP contribution in [0.15, 0.2) is 24.3 Å². The van der Waals surface area contributed by atoms with E-state index in [2.05, 4.69) is 6.07 Å². The zero-order chi connectivity index (χ0) is 13.6. The molecule has 1 aromatic rings. The normalized spacial score (nSPS) is 12.8. The monoisotopic (exact) mass is 246 g/mol. The van der Waals surface area contributed by atoms with Gasteiger partial charge in [-0.3, -0.25) is 0 Å². The summed E-state index contributed by atoms with van der Waals surface area (Å²) in [6.45, 7) is 6.38. The molecule has 3 nitrogen and oxygen atoms in total. The lowest BCUT2D eigenvalue weighted by molar-refractivity contribution is 0.262. The fourth-order valence-corrected chi connectivity index (χ4v) is 1.63. The van der Waals surface area contributed by atoms with E-state index in [9.17, 15) is 0 Å². The van der Waals surface area contributed by atoms with Gasteiger partial charge in [-0.25, -0.2) is 0 Å². The molecule has 0 amide bonds. The van der Waals surface area contributed by atoms with Gasteiger partial charge in [0.25, 0.3) is 0 Å². The molecule has 1 unspecified atom stereocenters. The van der Waals surface area contributed by atoms with Gasteiger partial charge < -0.3 is 10.5 Å². The highest BCUT2D eigenvalue weighted by molar-refractivity contribution is 5.33. The van der Waals surface area contributed by atoms with Gasteiger partial charge in [0, 0.05) is 6.04 Å². The third kappa shape index (κ3) is 4.77. The molecule has 0 heterocycles. The van der Waals surface area contributed by atoms with E-state index in [-0.39, 0.29) is 11.5 Å². The number of nitrogens with two attached hydrogens (primary N) is 1. The zero-order valence-electron chi connectivity index (χ0n) is 11.4. The van der Waals surface area contributed by atoms with Crippen LogP contribution in [0.1, 0.15) is 32.8 Å². The Hall–Kier alpha value is -1.53. The van der Waals surface area contributed by atoms with E-state index in [0.717, 1.165) is 24.2 Å². The predicted molar refractivity (Wildman–Crippen MR) is 73.3 cm³/mol. The Morgan fingerprint density at radius 3 is 2.67 bits per heavy atom. The van der Waals surface area contributed by atoms with Crippen molar-refractivity contribution in [1.82, 2.24) is 0 Å². The molecule has 0 radical (unpaired) electrons. The van der Waals surface area contributed by atoms with Crippen LogP contribution in [-0.4, -0.2) is 12.6 Å². The van der Waals surface area contributed by atoms with Crippen LogP contribution < -0.4 is 10.5 Å².